The zero-order valence-electron chi connectivity index (χ0n) is 12.1. The SMILES string of the molecule is Cc1nc2ccccn2c1CNC1CCC(C)(C)C1. The molecule has 1 N–H and O–H groups in total. The van der Waals surface area contributed by atoms with Gasteiger partial charge in [-0.2, -0.15) is 0 Å². The van der Waals surface area contributed by atoms with Crippen LogP contribution < -0.4 is 5.32 Å². The number of hydrogen-bond donors (Lipinski definition) is 1. The maximum atomic E-state index is 4.61. The van der Waals surface area contributed by atoms with Crippen LogP contribution in [-0.2, 0) is 6.54 Å². The second-order valence-corrected chi connectivity index (χ2v) is 6.56. The number of nitrogens with zero attached hydrogens (tertiary/aromatic N) is 2. The second kappa shape index (κ2) is 4.64. The lowest BCUT2D eigenvalue weighted by molar-refractivity contribution is 0.363. The topological polar surface area (TPSA) is 29.3 Å². The van der Waals surface area contributed by atoms with E-state index in [1.54, 1.807) is 0 Å². The van der Waals surface area contributed by atoms with Crippen molar-refractivity contribution in [3.05, 3.63) is 35.8 Å². The van der Waals surface area contributed by atoms with Crippen molar-refractivity contribution in [3.63, 3.8) is 0 Å². The third-order valence-electron chi connectivity index (χ3n) is 4.36. The first-order valence-corrected chi connectivity index (χ1v) is 7.21. The fraction of sp³-hybridized carbons (Fsp3) is 0.562. The molecule has 1 aliphatic carbocycles. The maximum Gasteiger partial charge on any atom is 0.137 e. The van der Waals surface area contributed by atoms with Gasteiger partial charge in [-0.1, -0.05) is 19.9 Å². The number of imidazole rings is 1. The van der Waals surface area contributed by atoms with Gasteiger partial charge in [-0.05, 0) is 43.7 Å². The highest BCUT2D eigenvalue weighted by Gasteiger charge is 2.30. The third kappa shape index (κ3) is 2.52. The second-order valence-electron chi connectivity index (χ2n) is 6.56. The van der Waals surface area contributed by atoms with Crippen molar-refractivity contribution in [2.75, 3.05) is 0 Å². The van der Waals surface area contributed by atoms with Gasteiger partial charge in [0, 0.05) is 18.8 Å². The van der Waals surface area contributed by atoms with Crippen molar-refractivity contribution in [1.29, 1.82) is 0 Å². The minimum atomic E-state index is 0.506. The molecule has 2 aromatic rings. The Labute approximate surface area is 115 Å². The van der Waals surface area contributed by atoms with Crippen LogP contribution in [0.3, 0.4) is 0 Å². The molecule has 1 atom stereocenters. The first kappa shape index (κ1) is 12.7. The molecule has 3 rings (SSSR count). The van der Waals surface area contributed by atoms with Crippen LogP contribution in [-0.4, -0.2) is 15.4 Å². The van der Waals surface area contributed by atoms with E-state index >= 15 is 0 Å². The fourth-order valence-corrected chi connectivity index (χ4v) is 3.23. The molecule has 1 saturated carbocycles. The minimum Gasteiger partial charge on any atom is -0.308 e. The van der Waals surface area contributed by atoms with Crippen LogP contribution in [0.15, 0.2) is 24.4 Å². The van der Waals surface area contributed by atoms with Gasteiger partial charge in [-0.25, -0.2) is 4.98 Å². The minimum absolute atomic E-state index is 0.506. The van der Waals surface area contributed by atoms with Gasteiger partial charge in [-0.15, -0.1) is 0 Å². The van der Waals surface area contributed by atoms with Gasteiger partial charge < -0.3 is 9.72 Å². The van der Waals surface area contributed by atoms with Gasteiger partial charge in [0.2, 0.25) is 0 Å². The molecule has 2 aromatic heterocycles. The van der Waals surface area contributed by atoms with Crippen molar-refractivity contribution < 1.29 is 0 Å². The van der Waals surface area contributed by atoms with Crippen LogP contribution in [0.25, 0.3) is 5.65 Å². The molecule has 1 fully saturated rings. The van der Waals surface area contributed by atoms with E-state index in [0.717, 1.165) is 17.9 Å². The molecule has 2 heterocycles. The Balaban J connectivity index is 1.74. The van der Waals surface area contributed by atoms with Crippen molar-refractivity contribution in [2.24, 2.45) is 5.41 Å². The van der Waals surface area contributed by atoms with Gasteiger partial charge >= 0.3 is 0 Å². The Bertz CT molecular complexity index is 583. The Morgan fingerprint density at radius 1 is 1.42 bits per heavy atom. The molecular formula is C16H23N3. The highest BCUT2D eigenvalue weighted by atomic mass is 15.0. The smallest absolute Gasteiger partial charge is 0.137 e. The summed E-state index contributed by atoms with van der Waals surface area (Å²) in [4.78, 5) is 4.61. The normalized spacial score (nSPS) is 22.2. The van der Waals surface area contributed by atoms with E-state index in [0.29, 0.717) is 11.5 Å². The molecule has 0 saturated heterocycles. The number of rotatable bonds is 3. The summed E-state index contributed by atoms with van der Waals surface area (Å²) in [5, 5.41) is 3.71. The first-order chi connectivity index (χ1) is 9.05. The molecule has 1 unspecified atom stereocenters. The summed E-state index contributed by atoms with van der Waals surface area (Å²) in [6.45, 7) is 7.75. The number of fused-ring (bicyclic) bond motifs is 1. The standard InChI is InChI=1S/C16H23N3/c1-12-14(19-9-5-4-6-15(19)18-12)11-17-13-7-8-16(2,3)10-13/h4-6,9,13,17H,7-8,10-11H2,1-3H3. The van der Waals surface area contributed by atoms with E-state index in [1.807, 2.05) is 6.07 Å². The van der Waals surface area contributed by atoms with Crippen LogP contribution in [0, 0.1) is 12.3 Å². The quantitative estimate of drug-likeness (QED) is 0.914. The molecule has 0 aromatic carbocycles. The summed E-state index contributed by atoms with van der Waals surface area (Å²) in [7, 11) is 0. The number of hydrogen-bond acceptors (Lipinski definition) is 2. The summed E-state index contributed by atoms with van der Waals surface area (Å²) in [5.41, 5.74) is 3.98. The van der Waals surface area contributed by atoms with Gasteiger partial charge in [0.1, 0.15) is 5.65 Å². The van der Waals surface area contributed by atoms with Crippen molar-refractivity contribution in [1.82, 2.24) is 14.7 Å². The van der Waals surface area contributed by atoms with Crippen LogP contribution >= 0.6 is 0 Å². The van der Waals surface area contributed by atoms with Gasteiger partial charge in [0.25, 0.3) is 0 Å². The van der Waals surface area contributed by atoms with Crippen LogP contribution in [0.1, 0.15) is 44.5 Å². The molecule has 1 aliphatic rings. The molecular weight excluding hydrogens is 234 g/mol. The lowest BCUT2D eigenvalue weighted by Gasteiger charge is -2.18. The zero-order chi connectivity index (χ0) is 13.5. The van der Waals surface area contributed by atoms with Crippen molar-refractivity contribution in [3.8, 4) is 0 Å². The van der Waals surface area contributed by atoms with Crippen LogP contribution in [0.2, 0.25) is 0 Å². The van der Waals surface area contributed by atoms with Crippen LogP contribution in [0.4, 0.5) is 0 Å². The lowest BCUT2D eigenvalue weighted by Crippen LogP contribution is -2.27. The average Bonchev–Trinajstić information content (AvgIpc) is 2.86. The van der Waals surface area contributed by atoms with Gasteiger partial charge in [0.05, 0.1) is 11.4 Å². The van der Waals surface area contributed by atoms with Gasteiger partial charge in [-0.3, -0.25) is 0 Å². The monoisotopic (exact) mass is 257 g/mol. The predicted octanol–water partition coefficient (Wildman–Crippen LogP) is 3.31. The largest absolute Gasteiger partial charge is 0.308 e. The summed E-state index contributed by atoms with van der Waals surface area (Å²) in [5.74, 6) is 0. The Morgan fingerprint density at radius 3 is 3.00 bits per heavy atom. The van der Waals surface area contributed by atoms with E-state index in [2.05, 4.69) is 53.8 Å². The molecule has 0 radical (unpaired) electrons. The van der Waals surface area contributed by atoms with Crippen molar-refractivity contribution >= 4 is 5.65 Å². The molecule has 3 nitrogen and oxygen atoms in total. The highest BCUT2D eigenvalue weighted by Crippen LogP contribution is 2.37. The lowest BCUT2D eigenvalue weighted by atomic mass is 9.92. The number of aryl methyl sites for hydroxylation is 1. The van der Waals surface area contributed by atoms with E-state index in [-0.39, 0.29) is 0 Å². The maximum absolute atomic E-state index is 4.61. The Morgan fingerprint density at radius 2 is 2.26 bits per heavy atom. The molecule has 19 heavy (non-hydrogen) atoms. The van der Waals surface area contributed by atoms with E-state index in [1.165, 1.54) is 25.0 Å². The molecule has 0 aliphatic heterocycles. The summed E-state index contributed by atoms with van der Waals surface area (Å²) < 4.78 is 2.20. The predicted molar refractivity (Wildman–Crippen MR) is 78.2 cm³/mol. The highest BCUT2D eigenvalue weighted by molar-refractivity contribution is 5.42. The summed E-state index contributed by atoms with van der Waals surface area (Å²) in [6.07, 6.45) is 6.01. The fourth-order valence-electron chi connectivity index (χ4n) is 3.23. The molecule has 0 amide bonds. The molecule has 3 heteroatoms. The van der Waals surface area contributed by atoms with E-state index in [9.17, 15) is 0 Å². The molecule has 102 valence electrons. The molecule has 0 bridgehead atoms. The first-order valence-electron chi connectivity index (χ1n) is 7.21. The van der Waals surface area contributed by atoms with E-state index in [4.69, 9.17) is 0 Å². The number of pyridine rings is 1. The Kier molecular flexibility index (Phi) is 3.09. The number of aromatic nitrogens is 2. The Hall–Kier alpha value is -1.35. The third-order valence-corrected chi connectivity index (χ3v) is 4.36. The van der Waals surface area contributed by atoms with Crippen LogP contribution in [0.5, 0.6) is 0 Å². The number of nitrogens with one attached hydrogen (secondary N) is 1. The van der Waals surface area contributed by atoms with Crippen molar-refractivity contribution in [2.45, 2.75) is 52.6 Å². The summed E-state index contributed by atoms with van der Waals surface area (Å²) in [6, 6.07) is 6.83. The zero-order valence-corrected chi connectivity index (χ0v) is 12.1. The van der Waals surface area contributed by atoms with E-state index < -0.39 is 0 Å². The average molecular weight is 257 g/mol. The summed E-state index contributed by atoms with van der Waals surface area (Å²) >= 11 is 0. The van der Waals surface area contributed by atoms with Gasteiger partial charge in [0.15, 0.2) is 0 Å². The molecule has 0 spiro atoms.